The third-order valence-electron chi connectivity index (χ3n) is 4.03. The smallest absolute Gasteiger partial charge is 0.338 e. The predicted molar refractivity (Wildman–Crippen MR) is 79.2 cm³/mol. The Bertz CT molecular complexity index is 844. The third-order valence-corrected chi connectivity index (χ3v) is 4.03. The molecule has 3 aromatic rings. The molecule has 5 nitrogen and oxygen atoms in total. The topological polar surface area (TPSA) is 70.8 Å². The highest BCUT2D eigenvalue weighted by Gasteiger charge is 2.22. The molecule has 0 atom stereocenters. The number of hydrogen-bond donors (Lipinski definition) is 2. The lowest BCUT2D eigenvalue weighted by molar-refractivity contribution is 0.0526. The van der Waals surface area contributed by atoms with E-state index in [4.69, 9.17) is 4.74 Å². The molecule has 0 radical (unpaired) electrons. The number of aromatic amines is 2. The Morgan fingerprint density at radius 1 is 1.33 bits per heavy atom. The maximum Gasteiger partial charge on any atom is 0.338 e. The summed E-state index contributed by atoms with van der Waals surface area (Å²) in [4.78, 5) is 15.3. The second-order valence-electron chi connectivity index (χ2n) is 5.23. The van der Waals surface area contributed by atoms with E-state index >= 15 is 0 Å². The van der Waals surface area contributed by atoms with Gasteiger partial charge in [-0.25, -0.2) is 4.79 Å². The Morgan fingerprint density at radius 3 is 3.10 bits per heavy atom. The molecule has 0 bridgehead atoms. The number of hydrogen-bond acceptors (Lipinski definition) is 3. The molecule has 106 valence electrons. The molecule has 2 N–H and O–H groups in total. The van der Waals surface area contributed by atoms with Gasteiger partial charge in [-0.15, -0.1) is 0 Å². The lowest BCUT2D eigenvalue weighted by atomic mass is 9.94. The summed E-state index contributed by atoms with van der Waals surface area (Å²) in [6.07, 6.45) is 3.80. The number of nitrogens with zero attached hydrogens (tertiary/aromatic N) is 1. The van der Waals surface area contributed by atoms with Crippen LogP contribution in [0.3, 0.4) is 0 Å². The van der Waals surface area contributed by atoms with Crippen molar-refractivity contribution in [1.29, 1.82) is 0 Å². The van der Waals surface area contributed by atoms with Crippen LogP contribution in [0.1, 0.15) is 28.4 Å². The Hall–Kier alpha value is -2.56. The van der Waals surface area contributed by atoms with Crippen LogP contribution in [0.2, 0.25) is 0 Å². The molecule has 0 spiro atoms. The second kappa shape index (κ2) is 4.48. The van der Waals surface area contributed by atoms with Gasteiger partial charge < -0.3 is 9.72 Å². The van der Waals surface area contributed by atoms with Crippen molar-refractivity contribution < 1.29 is 9.53 Å². The quantitative estimate of drug-likeness (QED) is 0.709. The number of aryl methyl sites for hydroxylation is 2. The molecular weight excluding hydrogens is 266 g/mol. The minimum atomic E-state index is -0.271. The van der Waals surface area contributed by atoms with Gasteiger partial charge in [-0.3, -0.25) is 5.10 Å². The first-order chi connectivity index (χ1) is 10.3. The van der Waals surface area contributed by atoms with Crippen LogP contribution in [-0.2, 0) is 17.6 Å². The zero-order chi connectivity index (χ0) is 14.4. The van der Waals surface area contributed by atoms with E-state index < -0.39 is 0 Å². The average Bonchev–Trinajstić information content (AvgIpc) is 3.10. The van der Waals surface area contributed by atoms with E-state index in [1.165, 1.54) is 11.1 Å². The van der Waals surface area contributed by atoms with Gasteiger partial charge in [-0.1, -0.05) is 0 Å². The summed E-state index contributed by atoms with van der Waals surface area (Å²) in [6, 6.07) is 5.66. The van der Waals surface area contributed by atoms with Crippen molar-refractivity contribution in [3.63, 3.8) is 0 Å². The highest BCUT2D eigenvalue weighted by Crippen LogP contribution is 2.36. The Kier molecular flexibility index (Phi) is 2.60. The number of fused-ring (bicyclic) bond motifs is 5. The van der Waals surface area contributed by atoms with E-state index in [9.17, 15) is 4.79 Å². The lowest BCUT2D eigenvalue weighted by Gasteiger charge is -2.11. The van der Waals surface area contributed by atoms with Crippen molar-refractivity contribution >= 4 is 16.9 Å². The van der Waals surface area contributed by atoms with Gasteiger partial charge in [0.05, 0.1) is 29.8 Å². The SMILES string of the molecule is CCOC(=O)c1ccc2[nH]c3c(c2c1)CCc1cn[nH]c1-3. The minimum Gasteiger partial charge on any atom is -0.462 e. The molecule has 0 amide bonds. The largest absolute Gasteiger partial charge is 0.462 e. The van der Waals surface area contributed by atoms with Gasteiger partial charge in [0, 0.05) is 10.9 Å². The van der Waals surface area contributed by atoms with Crippen LogP contribution in [0.25, 0.3) is 22.3 Å². The number of H-pyrrole nitrogens is 2. The maximum atomic E-state index is 11.9. The first kappa shape index (κ1) is 12.2. The highest BCUT2D eigenvalue weighted by atomic mass is 16.5. The fourth-order valence-electron chi connectivity index (χ4n) is 3.04. The lowest BCUT2D eigenvalue weighted by Crippen LogP contribution is -2.04. The zero-order valence-electron chi connectivity index (χ0n) is 11.7. The monoisotopic (exact) mass is 281 g/mol. The van der Waals surface area contributed by atoms with E-state index in [1.807, 2.05) is 25.3 Å². The Morgan fingerprint density at radius 2 is 2.24 bits per heavy atom. The Labute approximate surface area is 121 Å². The number of carbonyl (C=O) groups excluding carboxylic acids is 1. The Balaban J connectivity index is 1.88. The summed E-state index contributed by atoms with van der Waals surface area (Å²) in [5.74, 6) is -0.271. The minimum absolute atomic E-state index is 0.271. The molecule has 0 unspecified atom stereocenters. The maximum absolute atomic E-state index is 11.9. The summed E-state index contributed by atoms with van der Waals surface area (Å²) >= 11 is 0. The van der Waals surface area contributed by atoms with Crippen molar-refractivity contribution in [2.75, 3.05) is 6.61 Å². The van der Waals surface area contributed by atoms with Gasteiger partial charge in [-0.05, 0) is 49.1 Å². The molecule has 1 aliphatic rings. The third kappa shape index (κ3) is 1.77. The average molecular weight is 281 g/mol. The number of aromatic nitrogens is 3. The second-order valence-corrected chi connectivity index (χ2v) is 5.23. The first-order valence-electron chi connectivity index (χ1n) is 7.12. The van der Waals surface area contributed by atoms with E-state index in [2.05, 4.69) is 15.2 Å². The molecule has 0 aliphatic heterocycles. The molecule has 2 aromatic heterocycles. The van der Waals surface area contributed by atoms with Crippen LogP contribution < -0.4 is 0 Å². The molecule has 5 heteroatoms. The zero-order valence-corrected chi connectivity index (χ0v) is 11.7. The molecule has 21 heavy (non-hydrogen) atoms. The van der Waals surface area contributed by atoms with Gasteiger partial charge in [-0.2, -0.15) is 5.10 Å². The van der Waals surface area contributed by atoms with Crippen LogP contribution in [-0.4, -0.2) is 27.8 Å². The number of rotatable bonds is 2. The van der Waals surface area contributed by atoms with E-state index in [0.717, 1.165) is 35.1 Å². The van der Waals surface area contributed by atoms with Gasteiger partial charge in [0.15, 0.2) is 0 Å². The molecule has 0 fully saturated rings. The molecule has 4 rings (SSSR count). The van der Waals surface area contributed by atoms with Gasteiger partial charge in [0.25, 0.3) is 0 Å². The predicted octanol–water partition coefficient (Wildman–Crippen LogP) is 2.83. The standard InChI is InChI=1S/C16H15N3O2/c1-2-21-16(20)9-4-6-13-12(7-9)11-5-3-10-8-17-19-14(10)15(11)18-13/h4,6-8,18H,2-3,5H2,1H3,(H,17,19). The summed E-state index contributed by atoms with van der Waals surface area (Å²) in [5, 5.41) is 8.28. The highest BCUT2D eigenvalue weighted by molar-refractivity contribution is 5.98. The van der Waals surface area contributed by atoms with Crippen LogP contribution >= 0.6 is 0 Å². The summed E-state index contributed by atoms with van der Waals surface area (Å²) in [6.45, 7) is 2.20. The van der Waals surface area contributed by atoms with Crippen molar-refractivity contribution in [1.82, 2.24) is 15.2 Å². The summed E-state index contributed by atoms with van der Waals surface area (Å²) in [5.41, 5.74) is 6.26. The number of nitrogens with one attached hydrogen (secondary N) is 2. The first-order valence-corrected chi connectivity index (χ1v) is 7.12. The van der Waals surface area contributed by atoms with Crippen LogP contribution in [0.15, 0.2) is 24.4 Å². The fourth-order valence-corrected chi connectivity index (χ4v) is 3.04. The normalized spacial score (nSPS) is 13.0. The van der Waals surface area contributed by atoms with Crippen molar-refractivity contribution in [2.24, 2.45) is 0 Å². The van der Waals surface area contributed by atoms with Crippen molar-refractivity contribution in [3.05, 3.63) is 41.1 Å². The molecule has 2 heterocycles. The van der Waals surface area contributed by atoms with Crippen LogP contribution in [0.5, 0.6) is 0 Å². The summed E-state index contributed by atoms with van der Waals surface area (Å²) < 4.78 is 5.08. The fraction of sp³-hybridized carbons (Fsp3) is 0.250. The number of carbonyl (C=O) groups is 1. The number of benzene rings is 1. The molecule has 1 aliphatic carbocycles. The van der Waals surface area contributed by atoms with Gasteiger partial charge >= 0.3 is 5.97 Å². The van der Waals surface area contributed by atoms with Gasteiger partial charge in [0.2, 0.25) is 0 Å². The van der Waals surface area contributed by atoms with Crippen molar-refractivity contribution in [3.8, 4) is 11.4 Å². The molecule has 1 aromatic carbocycles. The van der Waals surface area contributed by atoms with E-state index in [1.54, 1.807) is 6.07 Å². The van der Waals surface area contributed by atoms with Crippen LogP contribution in [0, 0.1) is 0 Å². The van der Waals surface area contributed by atoms with Crippen molar-refractivity contribution in [2.45, 2.75) is 19.8 Å². The molecule has 0 saturated carbocycles. The number of ether oxygens (including phenoxy) is 1. The van der Waals surface area contributed by atoms with E-state index in [0.29, 0.717) is 12.2 Å². The summed E-state index contributed by atoms with van der Waals surface area (Å²) in [7, 11) is 0. The molecule has 0 saturated heterocycles. The van der Waals surface area contributed by atoms with Gasteiger partial charge in [0.1, 0.15) is 0 Å². The van der Waals surface area contributed by atoms with E-state index in [-0.39, 0.29) is 5.97 Å². The van der Waals surface area contributed by atoms with Crippen LogP contribution in [0.4, 0.5) is 0 Å². The number of esters is 1. The molecular formula is C16H15N3O2.